The summed E-state index contributed by atoms with van der Waals surface area (Å²) in [5.74, 6) is 0.110. The van der Waals surface area contributed by atoms with E-state index in [1.165, 1.54) is 19.3 Å². The predicted octanol–water partition coefficient (Wildman–Crippen LogP) is 2.73. The molecule has 1 saturated heterocycles. The normalized spacial score (nSPS) is 25.9. The first-order valence-corrected chi connectivity index (χ1v) is 8.75. The van der Waals surface area contributed by atoms with Gasteiger partial charge in [0.1, 0.15) is 5.25 Å². The Kier molecular flexibility index (Phi) is 4.20. The van der Waals surface area contributed by atoms with Gasteiger partial charge in [0.15, 0.2) is 0 Å². The summed E-state index contributed by atoms with van der Waals surface area (Å²) in [6, 6.07) is 9.77. The monoisotopic (exact) mass is 291 g/mol. The largest absolute Gasteiger partial charge is 0.339 e. The molecule has 1 amide bonds. The van der Waals surface area contributed by atoms with E-state index in [-0.39, 0.29) is 11.2 Å². The van der Waals surface area contributed by atoms with Crippen LogP contribution >= 0.6 is 0 Å². The summed E-state index contributed by atoms with van der Waals surface area (Å²) in [4.78, 5) is 15.3. The van der Waals surface area contributed by atoms with Crippen molar-refractivity contribution in [2.75, 3.05) is 6.54 Å². The lowest BCUT2D eigenvalue weighted by Crippen LogP contribution is -2.40. The molecule has 1 heterocycles. The van der Waals surface area contributed by atoms with Gasteiger partial charge in [0, 0.05) is 17.5 Å². The van der Waals surface area contributed by atoms with E-state index >= 15 is 0 Å². The number of rotatable bonds is 3. The van der Waals surface area contributed by atoms with Crippen LogP contribution in [0.25, 0.3) is 0 Å². The number of likely N-dealkylation sites (tertiary alicyclic amines) is 1. The summed E-state index contributed by atoms with van der Waals surface area (Å²) in [7, 11) is -1.21. The van der Waals surface area contributed by atoms with Crippen molar-refractivity contribution in [2.45, 2.75) is 54.7 Å². The Bertz CT molecular complexity index is 496. The van der Waals surface area contributed by atoms with Gasteiger partial charge in [-0.05, 0) is 31.4 Å². The van der Waals surface area contributed by atoms with Crippen molar-refractivity contribution < 1.29 is 9.00 Å². The summed E-state index contributed by atoms with van der Waals surface area (Å²) in [5, 5.41) is -0.334. The van der Waals surface area contributed by atoms with Crippen molar-refractivity contribution in [3.8, 4) is 0 Å². The average molecular weight is 291 g/mol. The summed E-state index contributed by atoms with van der Waals surface area (Å²) in [5.41, 5.74) is 0. The lowest BCUT2D eigenvalue weighted by Gasteiger charge is -2.31. The number of nitrogens with zero attached hydrogens (tertiary/aromatic N) is 1. The van der Waals surface area contributed by atoms with Crippen molar-refractivity contribution in [3.05, 3.63) is 30.3 Å². The van der Waals surface area contributed by atoms with E-state index in [0.717, 1.165) is 30.7 Å². The predicted molar refractivity (Wildman–Crippen MR) is 79.8 cm³/mol. The van der Waals surface area contributed by atoms with Crippen LogP contribution < -0.4 is 0 Å². The van der Waals surface area contributed by atoms with Crippen molar-refractivity contribution in [1.29, 1.82) is 0 Å². The second-order valence-electron chi connectivity index (χ2n) is 5.71. The summed E-state index contributed by atoms with van der Waals surface area (Å²) in [6.45, 7) is 0.784. The summed E-state index contributed by atoms with van der Waals surface area (Å²) < 4.78 is 12.5. The topological polar surface area (TPSA) is 37.4 Å². The quantitative estimate of drug-likeness (QED) is 0.858. The third-order valence-electron chi connectivity index (χ3n) is 4.44. The van der Waals surface area contributed by atoms with Crippen molar-refractivity contribution >= 4 is 16.7 Å². The molecule has 0 radical (unpaired) electrons. The standard InChI is InChI=1S/C16H21NO2S/c18-16-15(20(19)14-9-5-2-6-10-14)11-12-17(16)13-7-3-1-4-8-13/h2,5-6,9-10,13,15H,1,3-4,7-8,11-12H2. The van der Waals surface area contributed by atoms with E-state index < -0.39 is 10.8 Å². The zero-order chi connectivity index (χ0) is 13.9. The molecule has 2 fully saturated rings. The first kappa shape index (κ1) is 13.8. The lowest BCUT2D eigenvalue weighted by molar-refractivity contribution is -0.129. The van der Waals surface area contributed by atoms with Gasteiger partial charge in [-0.2, -0.15) is 0 Å². The molecule has 3 nitrogen and oxygen atoms in total. The Morgan fingerprint density at radius 1 is 1.00 bits per heavy atom. The SMILES string of the molecule is O=C1C(S(=O)c2ccccc2)CCN1C1CCCCC1. The highest BCUT2D eigenvalue weighted by atomic mass is 32.2. The zero-order valence-electron chi connectivity index (χ0n) is 11.7. The van der Waals surface area contributed by atoms with Gasteiger partial charge < -0.3 is 4.90 Å². The minimum absolute atomic E-state index is 0.110. The number of hydrogen-bond acceptors (Lipinski definition) is 2. The molecule has 0 N–H and O–H groups in total. The third-order valence-corrected chi connectivity index (χ3v) is 6.13. The van der Waals surface area contributed by atoms with Gasteiger partial charge in [0.2, 0.25) is 5.91 Å². The van der Waals surface area contributed by atoms with E-state index in [9.17, 15) is 9.00 Å². The lowest BCUT2D eigenvalue weighted by atomic mass is 9.94. The molecule has 0 spiro atoms. The van der Waals surface area contributed by atoms with Crippen LogP contribution in [0.5, 0.6) is 0 Å². The van der Waals surface area contributed by atoms with Gasteiger partial charge in [-0.3, -0.25) is 9.00 Å². The fourth-order valence-corrected chi connectivity index (χ4v) is 4.74. The highest BCUT2D eigenvalue weighted by molar-refractivity contribution is 7.86. The molecule has 0 aromatic heterocycles. The van der Waals surface area contributed by atoms with Gasteiger partial charge in [-0.15, -0.1) is 0 Å². The smallest absolute Gasteiger partial charge is 0.239 e. The van der Waals surface area contributed by atoms with Crippen LogP contribution in [0.1, 0.15) is 38.5 Å². The molecular weight excluding hydrogens is 270 g/mol. The minimum atomic E-state index is -1.21. The Hall–Kier alpha value is -1.16. The first-order valence-electron chi connectivity index (χ1n) is 7.53. The van der Waals surface area contributed by atoms with Crippen LogP contribution in [-0.4, -0.2) is 32.9 Å². The molecule has 1 aromatic rings. The van der Waals surface area contributed by atoms with Gasteiger partial charge >= 0.3 is 0 Å². The summed E-state index contributed by atoms with van der Waals surface area (Å²) in [6.07, 6.45) is 6.71. The first-order chi connectivity index (χ1) is 9.77. The number of benzene rings is 1. The van der Waals surface area contributed by atoms with E-state index in [0.29, 0.717) is 6.04 Å². The minimum Gasteiger partial charge on any atom is -0.339 e. The number of carbonyl (C=O) groups excluding carboxylic acids is 1. The fourth-order valence-electron chi connectivity index (χ4n) is 3.35. The molecule has 1 saturated carbocycles. The molecule has 1 aromatic carbocycles. The average Bonchev–Trinajstić information content (AvgIpc) is 2.90. The van der Waals surface area contributed by atoms with Gasteiger partial charge in [-0.1, -0.05) is 37.5 Å². The van der Waals surface area contributed by atoms with E-state index in [2.05, 4.69) is 0 Å². The van der Waals surface area contributed by atoms with Gasteiger partial charge in [-0.25, -0.2) is 0 Å². The molecule has 20 heavy (non-hydrogen) atoms. The van der Waals surface area contributed by atoms with Crippen LogP contribution in [0.15, 0.2) is 35.2 Å². The zero-order valence-corrected chi connectivity index (χ0v) is 12.5. The molecule has 108 valence electrons. The van der Waals surface area contributed by atoms with Crippen molar-refractivity contribution in [3.63, 3.8) is 0 Å². The van der Waals surface area contributed by atoms with Crippen molar-refractivity contribution in [1.82, 2.24) is 4.90 Å². The van der Waals surface area contributed by atoms with Gasteiger partial charge in [0.25, 0.3) is 0 Å². The van der Waals surface area contributed by atoms with Crippen LogP contribution in [0, 0.1) is 0 Å². The van der Waals surface area contributed by atoms with E-state index in [4.69, 9.17) is 0 Å². The maximum atomic E-state index is 12.6. The number of carbonyl (C=O) groups is 1. The van der Waals surface area contributed by atoms with E-state index in [1.807, 2.05) is 35.2 Å². The van der Waals surface area contributed by atoms with Crippen LogP contribution in [0.4, 0.5) is 0 Å². The molecule has 3 rings (SSSR count). The molecule has 4 heteroatoms. The van der Waals surface area contributed by atoms with Crippen molar-refractivity contribution in [2.24, 2.45) is 0 Å². The Morgan fingerprint density at radius 3 is 2.40 bits per heavy atom. The second kappa shape index (κ2) is 6.08. The van der Waals surface area contributed by atoms with Crippen LogP contribution in [0.3, 0.4) is 0 Å². The van der Waals surface area contributed by atoms with E-state index in [1.54, 1.807) is 0 Å². The molecule has 0 bridgehead atoms. The highest BCUT2D eigenvalue weighted by Gasteiger charge is 2.39. The fraction of sp³-hybridized carbons (Fsp3) is 0.562. The van der Waals surface area contributed by atoms with Crippen LogP contribution in [-0.2, 0) is 15.6 Å². The Morgan fingerprint density at radius 2 is 1.70 bits per heavy atom. The highest BCUT2D eigenvalue weighted by Crippen LogP contribution is 2.29. The summed E-state index contributed by atoms with van der Waals surface area (Å²) >= 11 is 0. The second-order valence-corrected chi connectivity index (χ2v) is 7.35. The third kappa shape index (κ3) is 2.66. The molecule has 1 aliphatic heterocycles. The Balaban J connectivity index is 1.70. The molecule has 2 atom stereocenters. The molecule has 2 unspecified atom stereocenters. The molecular formula is C16H21NO2S. The maximum Gasteiger partial charge on any atom is 0.239 e. The Labute approximate surface area is 122 Å². The molecule has 1 aliphatic carbocycles. The maximum absolute atomic E-state index is 12.6. The number of hydrogen-bond donors (Lipinski definition) is 0. The van der Waals surface area contributed by atoms with Gasteiger partial charge in [0.05, 0.1) is 10.8 Å². The van der Waals surface area contributed by atoms with Crippen LogP contribution in [0.2, 0.25) is 0 Å². The number of amides is 1. The molecule has 2 aliphatic rings.